The highest BCUT2D eigenvalue weighted by atomic mass is 16.6. The third-order valence-electron chi connectivity index (χ3n) is 4.01. The van der Waals surface area contributed by atoms with Crippen LogP contribution in [0.4, 0.5) is 4.79 Å². The third-order valence-corrected chi connectivity index (χ3v) is 4.01. The van der Waals surface area contributed by atoms with E-state index in [4.69, 9.17) is 4.74 Å². The third kappa shape index (κ3) is 3.13. The van der Waals surface area contributed by atoms with Gasteiger partial charge < -0.3 is 30.5 Å². The van der Waals surface area contributed by atoms with E-state index < -0.39 is 49.2 Å². The SMILES string of the molecule is O=C1N/C(=C\c2ccccn2)C(=O)N1[C@@H]1O[C@H](CO)[C@H](O)[C@H](O)[C@H]1O. The summed E-state index contributed by atoms with van der Waals surface area (Å²) in [5.41, 5.74) is 0.350. The Morgan fingerprint density at radius 3 is 2.60 bits per heavy atom. The lowest BCUT2D eigenvalue weighted by Gasteiger charge is -2.42. The lowest BCUT2D eigenvalue weighted by Crippen LogP contribution is -2.64. The molecule has 2 aliphatic heterocycles. The molecule has 25 heavy (non-hydrogen) atoms. The van der Waals surface area contributed by atoms with Crippen molar-refractivity contribution in [2.75, 3.05) is 6.61 Å². The first-order valence-electron chi connectivity index (χ1n) is 7.52. The minimum Gasteiger partial charge on any atom is -0.394 e. The number of aromatic nitrogens is 1. The monoisotopic (exact) mass is 351 g/mol. The van der Waals surface area contributed by atoms with E-state index >= 15 is 0 Å². The molecule has 2 fully saturated rings. The number of aliphatic hydroxyl groups excluding tert-OH is 4. The van der Waals surface area contributed by atoms with Gasteiger partial charge in [0.15, 0.2) is 6.23 Å². The molecule has 2 saturated heterocycles. The summed E-state index contributed by atoms with van der Waals surface area (Å²) < 4.78 is 5.25. The molecule has 0 unspecified atom stereocenters. The first-order valence-corrected chi connectivity index (χ1v) is 7.52. The number of nitrogens with zero attached hydrogens (tertiary/aromatic N) is 2. The Hall–Kier alpha value is -2.37. The van der Waals surface area contributed by atoms with Crippen LogP contribution in [0, 0.1) is 0 Å². The maximum absolute atomic E-state index is 12.5. The largest absolute Gasteiger partial charge is 0.394 e. The Morgan fingerprint density at radius 2 is 1.96 bits per heavy atom. The first kappa shape index (κ1) is 17.5. The number of pyridine rings is 1. The summed E-state index contributed by atoms with van der Waals surface area (Å²) in [7, 11) is 0. The van der Waals surface area contributed by atoms with Gasteiger partial charge in [0.1, 0.15) is 30.1 Å². The van der Waals surface area contributed by atoms with Crippen molar-refractivity contribution >= 4 is 18.0 Å². The summed E-state index contributed by atoms with van der Waals surface area (Å²) >= 11 is 0. The number of carbonyl (C=O) groups excluding carboxylic acids is 2. The smallest absolute Gasteiger partial charge is 0.331 e. The van der Waals surface area contributed by atoms with Crippen LogP contribution in [0.5, 0.6) is 0 Å². The Morgan fingerprint density at radius 1 is 1.20 bits per heavy atom. The first-order chi connectivity index (χ1) is 11.9. The summed E-state index contributed by atoms with van der Waals surface area (Å²) in [6.07, 6.45) is -4.93. The Labute approximate surface area is 142 Å². The highest BCUT2D eigenvalue weighted by Gasteiger charge is 2.51. The molecule has 10 heteroatoms. The van der Waals surface area contributed by atoms with E-state index in [1.807, 2.05) is 0 Å². The van der Waals surface area contributed by atoms with E-state index in [2.05, 4.69) is 10.3 Å². The quantitative estimate of drug-likeness (QED) is 0.303. The van der Waals surface area contributed by atoms with Crippen LogP contribution in [0.3, 0.4) is 0 Å². The van der Waals surface area contributed by atoms with Gasteiger partial charge in [-0.3, -0.25) is 9.78 Å². The molecule has 1 aromatic rings. The predicted molar refractivity (Wildman–Crippen MR) is 81.4 cm³/mol. The zero-order valence-corrected chi connectivity index (χ0v) is 12.9. The number of hydrogen-bond acceptors (Lipinski definition) is 8. The molecule has 3 amide bonds. The molecule has 0 aromatic carbocycles. The zero-order valence-electron chi connectivity index (χ0n) is 12.9. The van der Waals surface area contributed by atoms with Crippen molar-refractivity contribution in [3.05, 3.63) is 35.8 Å². The van der Waals surface area contributed by atoms with Crippen molar-refractivity contribution in [1.29, 1.82) is 0 Å². The van der Waals surface area contributed by atoms with Crippen molar-refractivity contribution in [3.8, 4) is 0 Å². The number of rotatable bonds is 3. The fourth-order valence-electron chi connectivity index (χ4n) is 2.68. The van der Waals surface area contributed by atoms with Crippen LogP contribution in [0.15, 0.2) is 30.1 Å². The van der Waals surface area contributed by atoms with Crippen molar-refractivity contribution in [1.82, 2.24) is 15.2 Å². The number of imide groups is 1. The molecule has 10 nitrogen and oxygen atoms in total. The molecule has 2 aliphatic rings. The van der Waals surface area contributed by atoms with Gasteiger partial charge in [-0.2, -0.15) is 0 Å². The highest BCUT2D eigenvalue weighted by molar-refractivity contribution is 6.14. The van der Waals surface area contributed by atoms with Crippen LogP contribution in [0.1, 0.15) is 5.69 Å². The van der Waals surface area contributed by atoms with E-state index in [1.165, 1.54) is 12.3 Å². The van der Waals surface area contributed by atoms with Crippen molar-refractivity contribution in [3.63, 3.8) is 0 Å². The molecule has 3 heterocycles. The molecule has 1 aromatic heterocycles. The van der Waals surface area contributed by atoms with Crippen LogP contribution in [0.25, 0.3) is 6.08 Å². The Kier molecular flexibility index (Phi) is 4.79. The Balaban J connectivity index is 1.86. The molecular formula is C15H17N3O7. The number of ether oxygens (including phenoxy) is 1. The summed E-state index contributed by atoms with van der Waals surface area (Å²) in [6.45, 7) is -0.665. The molecular weight excluding hydrogens is 334 g/mol. The number of hydrogen-bond donors (Lipinski definition) is 5. The fraction of sp³-hybridized carbons (Fsp3) is 0.400. The second-order valence-electron chi connectivity index (χ2n) is 5.64. The summed E-state index contributed by atoms with van der Waals surface area (Å²) in [6, 6.07) is 4.16. The average molecular weight is 351 g/mol. The van der Waals surface area contributed by atoms with Gasteiger partial charge in [0.2, 0.25) is 0 Å². The summed E-state index contributed by atoms with van der Waals surface area (Å²) in [5.74, 6) is -0.792. The van der Waals surface area contributed by atoms with E-state index in [0.717, 1.165) is 0 Å². The lowest BCUT2D eigenvalue weighted by molar-refractivity contribution is -0.253. The molecule has 0 saturated carbocycles. The summed E-state index contributed by atoms with van der Waals surface area (Å²) in [4.78, 5) is 29.3. The van der Waals surface area contributed by atoms with Crippen LogP contribution < -0.4 is 5.32 Å². The van der Waals surface area contributed by atoms with Crippen molar-refractivity contribution < 1.29 is 34.8 Å². The molecule has 0 radical (unpaired) electrons. The number of carbonyl (C=O) groups is 2. The van der Waals surface area contributed by atoms with Crippen LogP contribution in [-0.4, -0.2) is 79.5 Å². The average Bonchev–Trinajstić information content (AvgIpc) is 2.88. The van der Waals surface area contributed by atoms with E-state index in [1.54, 1.807) is 18.2 Å². The van der Waals surface area contributed by atoms with E-state index in [0.29, 0.717) is 10.6 Å². The van der Waals surface area contributed by atoms with Crippen molar-refractivity contribution in [2.45, 2.75) is 30.6 Å². The maximum Gasteiger partial charge on any atom is 0.331 e. The fourth-order valence-corrected chi connectivity index (χ4v) is 2.68. The van der Waals surface area contributed by atoms with Crippen LogP contribution >= 0.6 is 0 Å². The molecule has 134 valence electrons. The topological polar surface area (TPSA) is 152 Å². The van der Waals surface area contributed by atoms with Gasteiger partial charge in [-0.1, -0.05) is 6.07 Å². The molecule has 0 bridgehead atoms. The van der Waals surface area contributed by atoms with Gasteiger partial charge in [0.25, 0.3) is 5.91 Å². The maximum atomic E-state index is 12.5. The van der Waals surface area contributed by atoms with Gasteiger partial charge in [-0.05, 0) is 18.2 Å². The Bertz CT molecular complexity index is 694. The highest BCUT2D eigenvalue weighted by Crippen LogP contribution is 2.27. The number of aliphatic hydroxyl groups is 4. The standard InChI is InChI=1S/C15H17N3O7/c19-6-9-10(20)11(21)12(22)14(25-9)18-13(23)8(17-15(18)24)5-7-3-1-2-4-16-7/h1-5,9-12,14,19-22H,6H2,(H,17,24)/b8-5-/t9-,10+,11+,12-,14-/m1/s1. The minimum absolute atomic E-state index is 0.0827. The molecule has 5 atom stereocenters. The number of amides is 3. The lowest BCUT2D eigenvalue weighted by atomic mass is 9.98. The van der Waals surface area contributed by atoms with Crippen LogP contribution in [-0.2, 0) is 9.53 Å². The predicted octanol–water partition coefficient (Wildman–Crippen LogP) is -2.23. The van der Waals surface area contributed by atoms with Gasteiger partial charge in [-0.15, -0.1) is 0 Å². The number of nitrogens with one attached hydrogen (secondary N) is 1. The molecule has 0 spiro atoms. The van der Waals surface area contributed by atoms with Gasteiger partial charge >= 0.3 is 6.03 Å². The van der Waals surface area contributed by atoms with Gasteiger partial charge in [-0.25, -0.2) is 9.69 Å². The molecule has 3 rings (SSSR count). The van der Waals surface area contributed by atoms with Crippen molar-refractivity contribution in [2.24, 2.45) is 0 Å². The van der Waals surface area contributed by atoms with E-state index in [-0.39, 0.29) is 5.70 Å². The van der Waals surface area contributed by atoms with Crippen LogP contribution in [0.2, 0.25) is 0 Å². The normalized spacial score (nSPS) is 34.5. The van der Waals surface area contributed by atoms with Gasteiger partial charge in [0.05, 0.1) is 12.3 Å². The molecule has 0 aliphatic carbocycles. The second-order valence-corrected chi connectivity index (χ2v) is 5.64. The number of urea groups is 1. The zero-order chi connectivity index (χ0) is 18.1. The minimum atomic E-state index is -1.73. The summed E-state index contributed by atoms with van der Waals surface area (Å²) in [5, 5.41) is 41.2. The molecule has 5 N–H and O–H groups in total. The van der Waals surface area contributed by atoms with E-state index in [9.17, 15) is 30.0 Å². The van der Waals surface area contributed by atoms with Gasteiger partial charge in [0, 0.05) is 6.20 Å². The second kappa shape index (κ2) is 6.86.